The van der Waals surface area contributed by atoms with E-state index in [1.54, 1.807) is 20.8 Å². The maximum atomic E-state index is 14.1. The van der Waals surface area contributed by atoms with Crippen molar-refractivity contribution in [1.29, 1.82) is 0 Å². The van der Waals surface area contributed by atoms with E-state index in [0.29, 0.717) is 10.9 Å². The van der Waals surface area contributed by atoms with Gasteiger partial charge >= 0.3 is 6.09 Å². The second-order valence-electron chi connectivity index (χ2n) is 6.58. The van der Waals surface area contributed by atoms with E-state index in [1.165, 1.54) is 24.1 Å². The summed E-state index contributed by atoms with van der Waals surface area (Å²) in [4.78, 5) is 24.4. The molecular weight excluding hydrogens is 347 g/mol. The third kappa shape index (κ3) is 3.19. The van der Waals surface area contributed by atoms with E-state index in [0.717, 1.165) is 0 Å². The molecule has 0 spiro atoms. The van der Waals surface area contributed by atoms with E-state index in [2.05, 4.69) is 27.6 Å². The van der Waals surface area contributed by atoms with Crippen molar-refractivity contribution in [1.82, 2.24) is 15.0 Å². The van der Waals surface area contributed by atoms with Crippen molar-refractivity contribution >= 4 is 46.3 Å². The minimum absolute atomic E-state index is 0.0686. The first-order valence-electron chi connectivity index (χ1n) is 7.44. The largest absolute Gasteiger partial charge is 0.493 e. The summed E-state index contributed by atoms with van der Waals surface area (Å²) in [5.74, 6) is -0.897. The molecule has 1 amide bonds. The summed E-state index contributed by atoms with van der Waals surface area (Å²) in [6, 6.07) is 2.44. The molecule has 0 aliphatic carbocycles. The standard InChI is InChI=1S/C16H17FN4O3S/c1-16(2,3)24-15(23)21(4)9-6-7(17)5-8-10-12(18-11(8)9)19-14(25)20-13(10)22/h5-6H,1-4H3,(H3,18,19,20,22,25). The zero-order valence-corrected chi connectivity index (χ0v) is 15.0. The molecule has 2 N–H and O–H groups in total. The van der Waals surface area contributed by atoms with Crippen LogP contribution in [0.15, 0.2) is 17.3 Å². The van der Waals surface area contributed by atoms with E-state index in [9.17, 15) is 14.3 Å². The van der Waals surface area contributed by atoms with E-state index in [-0.39, 0.29) is 27.8 Å². The van der Waals surface area contributed by atoms with Gasteiger partial charge in [0, 0.05) is 12.4 Å². The Hall–Kier alpha value is -2.55. The summed E-state index contributed by atoms with van der Waals surface area (Å²) < 4.78 is 19.5. The molecule has 0 unspecified atom stereocenters. The lowest BCUT2D eigenvalue weighted by Crippen LogP contribution is -2.34. The Morgan fingerprint density at radius 2 is 2.04 bits per heavy atom. The van der Waals surface area contributed by atoms with Gasteiger partial charge in [0.05, 0.1) is 16.6 Å². The van der Waals surface area contributed by atoms with Gasteiger partial charge in [0.1, 0.15) is 17.1 Å². The molecule has 25 heavy (non-hydrogen) atoms. The highest BCUT2D eigenvalue weighted by Crippen LogP contribution is 2.36. The molecule has 0 bridgehead atoms. The lowest BCUT2D eigenvalue weighted by molar-refractivity contribution is 0.0589. The molecule has 2 heterocycles. The molecule has 132 valence electrons. The predicted octanol–water partition coefficient (Wildman–Crippen LogP) is 3.62. The number of fused-ring (bicyclic) bond motifs is 3. The number of carbonyl (C=O) groups is 1. The molecule has 0 saturated carbocycles. The number of ether oxygens (including phenoxy) is 1. The van der Waals surface area contributed by atoms with E-state index in [4.69, 9.17) is 4.74 Å². The Balaban J connectivity index is 2.22. The number of H-pyrrole nitrogens is 1. The lowest BCUT2D eigenvalue weighted by atomic mass is 10.1. The topological polar surface area (TPSA) is 91.3 Å². The lowest BCUT2D eigenvalue weighted by Gasteiger charge is -2.25. The number of rotatable bonds is 1. The number of nitrogens with zero attached hydrogens (tertiary/aromatic N) is 3. The van der Waals surface area contributed by atoms with Crippen molar-refractivity contribution in [3.8, 4) is 5.88 Å². The molecule has 3 rings (SSSR count). The first-order valence-corrected chi connectivity index (χ1v) is 7.89. The Kier molecular flexibility index (Phi) is 3.98. The summed E-state index contributed by atoms with van der Waals surface area (Å²) >= 11 is 4.02. The number of amides is 1. The van der Waals surface area contributed by atoms with Crippen LogP contribution in [0.1, 0.15) is 20.8 Å². The number of aromatic hydroxyl groups is 1. The number of hydrogen-bond acceptors (Lipinski definition) is 6. The number of benzene rings is 1. The van der Waals surface area contributed by atoms with Crippen LogP contribution in [0.5, 0.6) is 5.88 Å². The van der Waals surface area contributed by atoms with Gasteiger partial charge in [-0.15, -0.1) is 12.6 Å². The van der Waals surface area contributed by atoms with Crippen molar-refractivity contribution < 1.29 is 19.0 Å². The van der Waals surface area contributed by atoms with Gasteiger partial charge < -0.3 is 14.8 Å². The van der Waals surface area contributed by atoms with E-state index < -0.39 is 17.5 Å². The number of anilines is 1. The van der Waals surface area contributed by atoms with Crippen LogP contribution in [0.25, 0.3) is 21.9 Å². The molecule has 3 aromatic rings. The van der Waals surface area contributed by atoms with Crippen LogP contribution in [0.3, 0.4) is 0 Å². The number of aromatic nitrogens is 3. The normalized spacial score (nSPS) is 11.9. The second kappa shape index (κ2) is 5.76. The average molecular weight is 364 g/mol. The van der Waals surface area contributed by atoms with Crippen molar-refractivity contribution in [3.05, 3.63) is 17.9 Å². The number of hydrogen-bond donors (Lipinski definition) is 3. The minimum Gasteiger partial charge on any atom is -0.493 e. The van der Waals surface area contributed by atoms with Crippen molar-refractivity contribution in [2.24, 2.45) is 0 Å². The van der Waals surface area contributed by atoms with Crippen LogP contribution in [-0.2, 0) is 4.74 Å². The monoisotopic (exact) mass is 364 g/mol. The van der Waals surface area contributed by atoms with E-state index in [1.807, 2.05) is 0 Å². The van der Waals surface area contributed by atoms with Gasteiger partial charge in [-0.1, -0.05) is 0 Å². The van der Waals surface area contributed by atoms with Crippen LogP contribution < -0.4 is 4.90 Å². The van der Waals surface area contributed by atoms with Crippen LogP contribution >= 0.6 is 12.6 Å². The summed E-state index contributed by atoms with van der Waals surface area (Å²) in [6.45, 7) is 5.22. The van der Waals surface area contributed by atoms with Crippen molar-refractivity contribution in [3.63, 3.8) is 0 Å². The summed E-state index contributed by atoms with van der Waals surface area (Å²) in [6.07, 6.45) is -0.636. The number of nitrogens with one attached hydrogen (secondary N) is 1. The van der Waals surface area contributed by atoms with Crippen LogP contribution in [0.2, 0.25) is 0 Å². The first-order chi connectivity index (χ1) is 11.6. The van der Waals surface area contributed by atoms with Crippen molar-refractivity contribution in [2.75, 3.05) is 11.9 Å². The van der Waals surface area contributed by atoms with Gasteiger partial charge in [0.15, 0.2) is 5.16 Å². The summed E-state index contributed by atoms with van der Waals surface area (Å²) in [7, 11) is 1.48. The number of aromatic amines is 1. The quantitative estimate of drug-likeness (QED) is 0.453. The molecule has 9 heteroatoms. The third-order valence-corrected chi connectivity index (χ3v) is 3.70. The van der Waals surface area contributed by atoms with Crippen LogP contribution in [0.4, 0.5) is 14.9 Å². The molecule has 0 saturated heterocycles. The average Bonchev–Trinajstić information content (AvgIpc) is 2.81. The molecule has 0 atom stereocenters. The predicted molar refractivity (Wildman–Crippen MR) is 94.9 cm³/mol. The summed E-state index contributed by atoms with van der Waals surface area (Å²) in [5, 5.41) is 10.8. The van der Waals surface area contributed by atoms with Crippen LogP contribution in [0, 0.1) is 5.82 Å². The van der Waals surface area contributed by atoms with Gasteiger partial charge in [0.2, 0.25) is 5.88 Å². The van der Waals surface area contributed by atoms with Gasteiger partial charge in [-0.3, -0.25) is 4.90 Å². The Morgan fingerprint density at radius 1 is 1.36 bits per heavy atom. The third-order valence-electron chi connectivity index (χ3n) is 3.50. The Morgan fingerprint density at radius 3 is 2.68 bits per heavy atom. The summed E-state index contributed by atoms with van der Waals surface area (Å²) in [5.41, 5.74) is 0.274. The zero-order chi connectivity index (χ0) is 18.5. The molecule has 1 aromatic carbocycles. The van der Waals surface area contributed by atoms with Crippen LogP contribution in [-0.4, -0.2) is 38.8 Å². The maximum Gasteiger partial charge on any atom is 0.414 e. The SMILES string of the molecule is CN(C(=O)OC(C)(C)C)c1cc(F)cc2c1[nH]c1nc(S)nc(O)c12. The highest BCUT2D eigenvalue weighted by Gasteiger charge is 2.24. The molecule has 2 aromatic heterocycles. The number of carbonyl (C=O) groups excluding carboxylic acids is 1. The van der Waals surface area contributed by atoms with Gasteiger partial charge in [0.25, 0.3) is 0 Å². The fraction of sp³-hybridized carbons (Fsp3) is 0.312. The smallest absolute Gasteiger partial charge is 0.414 e. The number of thiol groups is 1. The fourth-order valence-electron chi connectivity index (χ4n) is 2.51. The molecule has 0 fully saturated rings. The highest BCUT2D eigenvalue weighted by molar-refractivity contribution is 7.80. The molecule has 0 radical (unpaired) electrons. The maximum absolute atomic E-state index is 14.1. The first kappa shape index (κ1) is 17.3. The van der Waals surface area contributed by atoms with E-state index >= 15 is 0 Å². The molecule has 0 aliphatic rings. The molecule has 7 nitrogen and oxygen atoms in total. The second-order valence-corrected chi connectivity index (χ2v) is 6.98. The Labute approximate surface area is 148 Å². The number of halogens is 1. The zero-order valence-electron chi connectivity index (χ0n) is 14.1. The van der Waals surface area contributed by atoms with Gasteiger partial charge in [-0.05, 0) is 32.9 Å². The molecular formula is C16H17FN4O3S. The molecule has 0 aliphatic heterocycles. The highest BCUT2D eigenvalue weighted by atomic mass is 32.1. The van der Waals surface area contributed by atoms with Gasteiger partial charge in [-0.2, -0.15) is 4.98 Å². The Bertz CT molecular complexity index is 997. The van der Waals surface area contributed by atoms with Gasteiger partial charge in [-0.25, -0.2) is 14.2 Å². The minimum atomic E-state index is -0.692. The fourth-order valence-corrected chi connectivity index (χ4v) is 2.70. The van der Waals surface area contributed by atoms with Crippen molar-refractivity contribution in [2.45, 2.75) is 31.5 Å².